The number of fused-ring (bicyclic) bond motifs is 1. The van der Waals surface area contributed by atoms with E-state index in [0.29, 0.717) is 19.4 Å². The molecule has 35 heavy (non-hydrogen) atoms. The number of ether oxygens (including phenoxy) is 1. The Labute approximate surface area is 212 Å². The molecule has 0 aromatic rings. The molecule has 1 aliphatic heterocycles. The summed E-state index contributed by atoms with van der Waals surface area (Å²) in [4.78, 5) is 42.4. The van der Waals surface area contributed by atoms with Gasteiger partial charge in [0.25, 0.3) is 0 Å². The van der Waals surface area contributed by atoms with Crippen LogP contribution in [0.15, 0.2) is 12.2 Å². The smallest absolute Gasteiger partial charge is 0.310 e. The Morgan fingerprint density at radius 3 is 2.34 bits per heavy atom. The molecule has 7 heteroatoms. The molecule has 0 aromatic carbocycles. The third kappa shape index (κ3) is 7.55. The van der Waals surface area contributed by atoms with Crippen molar-refractivity contribution in [3.8, 4) is 0 Å². The number of aliphatic hydroxyl groups excluding tert-OH is 1. The molecule has 0 radical (unpaired) electrons. The zero-order valence-electron chi connectivity index (χ0n) is 22.9. The van der Waals surface area contributed by atoms with E-state index in [1.807, 2.05) is 26.0 Å². The molecule has 1 heterocycles. The van der Waals surface area contributed by atoms with Gasteiger partial charge in [0.15, 0.2) is 0 Å². The molecule has 200 valence electrons. The number of nitrogens with one attached hydrogen (secondary N) is 1. The number of amides is 2. The van der Waals surface area contributed by atoms with Gasteiger partial charge in [-0.05, 0) is 64.2 Å². The van der Waals surface area contributed by atoms with Crippen LogP contribution >= 0.6 is 0 Å². The molecule has 2 rings (SSSR count). The molecule has 1 saturated heterocycles. The number of unbranched alkanes of at least 4 members (excludes halogenated alkanes) is 2. The first-order valence-electron chi connectivity index (χ1n) is 13.4. The van der Waals surface area contributed by atoms with Crippen LogP contribution in [-0.4, -0.2) is 59.1 Å². The highest BCUT2D eigenvalue weighted by molar-refractivity contribution is 5.96. The number of esters is 1. The topological polar surface area (TPSA) is 95.9 Å². The van der Waals surface area contributed by atoms with Crippen LogP contribution in [0, 0.1) is 29.1 Å². The number of rotatable bonds is 12. The zero-order chi connectivity index (χ0) is 26.4. The molecule has 7 nitrogen and oxygen atoms in total. The maximum Gasteiger partial charge on any atom is 0.310 e. The number of carbonyl (C=O) groups is 3. The number of nitrogens with zero attached hydrogens (tertiary/aromatic N) is 1. The Kier molecular flexibility index (Phi) is 10.4. The fourth-order valence-electron chi connectivity index (χ4n) is 6.26. The molecule has 0 saturated carbocycles. The summed E-state index contributed by atoms with van der Waals surface area (Å²) in [6.07, 6.45) is 8.66. The summed E-state index contributed by atoms with van der Waals surface area (Å²) in [5, 5.41) is 12.4. The normalized spacial score (nSPS) is 26.6. The third-order valence-electron chi connectivity index (χ3n) is 7.05. The van der Waals surface area contributed by atoms with E-state index in [2.05, 4.69) is 33.0 Å². The van der Waals surface area contributed by atoms with Crippen molar-refractivity contribution in [2.45, 2.75) is 98.6 Å². The van der Waals surface area contributed by atoms with Gasteiger partial charge in [-0.1, -0.05) is 46.3 Å². The first-order chi connectivity index (χ1) is 16.4. The molecule has 1 aliphatic carbocycles. The van der Waals surface area contributed by atoms with Gasteiger partial charge in [-0.25, -0.2) is 0 Å². The van der Waals surface area contributed by atoms with Crippen LogP contribution in [0.2, 0.25) is 0 Å². The summed E-state index contributed by atoms with van der Waals surface area (Å²) in [6, 6.07) is -0.656. The molecule has 0 bridgehead atoms. The van der Waals surface area contributed by atoms with Gasteiger partial charge in [-0.2, -0.15) is 0 Å². The summed E-state index contributed by atoms with van der Waals surface area (Å²) in [6.45, 7) is 15.1. The lowest BCUT2D eigenvalue weighted by molar-refractivity contribution is -0.155. The van der Waals surface area contributed by atoms with Gasteiger partial charge in [-0.15, -0.1) is 0 Å². The lowest BCUT2D eigenvalue weighted by atomic mass is 9.68. The van der Waals surface area contributed by atoms with Gasteiger partial charge < -0.3 is 20.1 Å². The summed E-state index contributed by atoms with van der Waals surface area (Å²) in [5.41, 5.74) is -0.412. The summed E-state index contributed by atoms with van der Waals surface area (Å²) >= 11 is 0. The number of likely N-dealkylation sites (tertiary alicyclic amines) is 1. The van der Waals surface area contributed by atoms with Crippen LogP contribution in [0.4, 0.5) is 0 Å². The molecule has 2 amide bonds. The zero-order valence-corrected chi connectivity index (χ0v) is 22.9. The van der Waals surface area contributed by atoms with E-state index >= 15 is 0 Å². The Morgan fingerprint density at radius 2 is 1.77 bits per heavy atom. The molecule has 2 aliphatic rings. The number of carbonyl (C=O) groups excluding carboxylic acids is 3. The minimum Gasteiger partial charge on any atom is -0.466 e. The van der Waals surface area contributed by atoms with Crippen molar-refractivity contribution < 1.29 is 24.2 Å². The maximum absolute atomic E-state index is 13.8. The number of allylic oxidation sites excluding steroid dienone is 1. The van der Waals surface area contributed by atoms with Crippen molar-refractivity contribution in [2.24, 2.45) is 29.1 Å². The van der Waals surface area contributed by atoms with Crippen molar-refractivity contribution in [1.29, 1.82) is 0 Å². The number of hydrogen-bond donors (Lipinski definition) is 2. The molecular weight excluding hydrogens is 444 g/mol. The van der Waals surface area contributed by atoms with Crippen molar-refractivity contribution in [3.05, 3.63) is 12.2 Å². The molecule has 2 N–H and O–H groups in total. The minimum atomic E-state index is -0.656. The van der Waals surface area contributed by atoms with Gasteiger partial charge in [-0.3, -0.25) is 14.4 Å². The SMILES string of the molecule is CCC[C@@H]1C=C[C@H]2[C@H](C(=O)N(CCCCCO)[C@@H]2C(=O)NC(C)(C)CC(C)(C)C)[C@@H]1C(=O)OCC. The number of hydrogen-bond acceptors (Lipinski definition) is 5. The Morgan fingerprint density at radius 1 is 1.09 bits per heavy atom. The van der Waals surface area contributed by atoms with E-state index in [4.69, 9.17) is 9.84 Å². The highest BCUT2D eigenvalue weighted by Crippen LogP contribution is 2.46. The van der Waals surface area contributed by atoms with Gasteiger partial charge in [0.05, 0.1) is 18.4 Å². The molecule has 0 unspecified atom stereocenters. The van der Waals surface area contributed by atoms with E-state index < -0.39 is 23.4 Å². The van der Waals surface area contributed by atoms with E-state index in [-0.39, 0.29) is 48.2 Å². The number of aliphatic hydroxyl groups is 1. The maximum atomic E-state index is 13.8. The van der Waals surface area contributed by atoms with Crippen molar-refractivity contribution in [2.75, 3.05) is 19.8 Å². The van der Waals surface area contributed by atoms with Crippen LogP contribution in [0.3, 0.4) is 0 Å². The second-order valence-corrected chi connectivity index (χ2v) is 12.1. The van der Waals surface area contributed by atoms with Gasteiger partial charge in [0.2, 0.25) is 11.8 Å². The fourth-order valence-corrected chi connectivity index (χ4v) is 6.26. The average Bonchev–Trinajstić information content (AvgIpc) is 3.01. The fraction of sp³-hybridized carbons (Fsp3) is 0.821. The summed E-state index contributed by atoms with van der Waals surface area (Å²) < 4.78 is 5.42. The van der Waals surface area contributed by atoms with Crippen LogP contribution in [0.5, 0.6) is 0 Å². The van der Waals surface area contributed by atoms with Crippen LogP contribution in [0.25, 0.3) is 0 Å². The van der Waals surface area contributed by atoms with Gasteiger partial charge in [0.1, 0.15) is 6.04 Å². The monoisotopic (exact) mass is 492 g/mol. The van der Waals surface area contributed by atoms with E-state index in [1.54, 1.807) is 11.8 Å². The Hall–Kier alpha value is -1.89. The van der Waals surface area contributed by atoms with Crippen molar-refractivity contribution in [1.82, 2.24) is 10.2 Å². The second-order valence-electron chi connectivity index (χ2n) is 12.1. The third-order valence-corrected chi connectivity index (χ3v) is 7.05. The van der Waals surface area contributed by atoms with E-state index in [1.165, 1.54) is 0 Å². The Bertz CT molecular complexity index is 770. The standard InChI is InChI=1S/C28H48N2O5/c1-8-13-19-14-15-20-22(21(19)26(34)35-9-2)25(33)30(16-11-10-12-17-31)23(20)24(32)29-28(6,7)18-27(3,4)5/h14-15,19-23,31H,8-13,16-18H2,1-7H3,(H,29,32)/t19-,20+,21-,22+,23+/m1/s1. The minimum absolute atomic E-state index is 0.0297. The van der Waals surface area contributed by atoms with Crippen molar-refractivity contribution >= 4 is 17.8 Å². The lowest BCUT2D eigenvalue weighted by Crippen LogP contribution is -2.54. The molecule has 1 fully saturated rings. The average molecular weight is 493 g/mol. The van der Waals surface area contributed by atoms with Crippen LogP contribution in [-0.2, 0) is 19.1 Å². The lowest BCUT2D eigenvalue weighted by Gasteiger charge is -2.37. The van der Waals surface area contributed by atoms with Crippen molar-refractivity contribution in [3.63, 3.8) is 0 Å². The van der Waals surface area contributed by atoms with Crippen LogP contribution < -0.4 is 5.32 Å². The Balaban J connectivity index is 2.41. The first kappa shape index (κ1) is 29.3. The van der Waals surface area contributed by atoms with E-state index in [0.717, 1.165) is 25.7 Å². The largest absolute Gasteiger partial charge is 0.466 e. The molecule has 0 aromatic heterocycles. The van der Waals surface area contributed by atoms with E-state index in [9.17, 15) is 14.4 Å². The highest BCUT2D eigenvalue weighted by atomic mass is 16.5. The van der Waals surface area contributed by atoms with Crippen LogP contribution in [0.1, 0.15) is 87.0 Å². The summed E-state index contributed by atoms with van der Waals surface area (Å²) in [5.74, 6) is -2.23. The summed E-state index contributed by atoms with van der Waals surface area (Å²) in [7, 11) is 0. The highest BCUT2D eigenvalue weighted by Gasteiger charge is 2.57. The molecule has 0 spiro atoms. The van der Waals surface area contributed by atoms with Gasteiger partial charge >= 0.3 is 5.97 Å². The quantitative estimate of drug-likeness (QED) is 0.243. The predicted molar refractivity (Wildman–Crippen MR) is 137 cm³/mol. The molecule has 5 atom stereocenters. The van der Waals surface area contributed by atoms with Gasteiger partial charge in [0, 0.05) is 24.6 Å². The predicted octanol–water partition coefficient (Wildman–Crippen LogP) is 4.09. The molecular formula is C28H48N2O5. The first-order valence-corrected chi connectivity index (χ1v) is 13.4. The second kappa shape index (κ2) is 12.4.